The summed E-state index contributed by atoms with van der Waals surface area (Å²) < 4.78 is 26.5. The number of rotatable bonds is 2. The summed E-state index contributed by atoms with van der Waals surface area (Å²) in [5, 5.41) is 2.89. The largest absolute Gasteiger partial charge is 0.373 e. The van der Waals surface area contributed by atoms with Crippen molar-refractivity contribution in [3.05, 3.63) is 40.0 Å². The Hall–Kier alpha value is -1.56. The van der Waals surface area contributed by atoms with Crippen molar-refractivity contribution in [2.45, 2.75) is 6.92 Å². The van der Waals surface area contributed by atoms with Gasteiger partial charge in [0.25, 0.3) is 0 Å². The molecule has 0 unspecified atom stereocenters. The molecule has 18 heavy (non-hydrogen) atoms. The molecule has 1 aromatic carbocycles. The first-order chi connectivity index (χ1) is 8.52. The van der Waals surface area contributed by atoms with Gasteiger partial charge in [-0.05, 0) is 35.0 Å². The summed E-state index contributed by atoms with van der Waals surface area (Å²) in [6, 6.07) is 4.26. The third-order valence-corrected chi connectivity index (χ3v) is 3.16. The van der Waals surface area contributed by atoms with Gasteiger partial charge < -0.3 is 5.32 Å². The van der Waals surface area contributed by atoms with Crippen molar-refractivity contribution < 1.29 is 8.78 Å². The number of benzene rings is 1. The van der Waals surface area contributed by atoms with Crippen LogP contribution in [0.1, 0.15) is 5.69 Å². The number of nitrogens with zero attached hydrogens (tertiary/aromatic N) is 2. The molecule has 0 saturated heterocycles. The Balaban J connectivity index is 2.62. The minimum absolute atomic E-state index is 0.0233. The lowest BCUT2D eigenvalue weighted by Crippen LogP contribution is -2.00. The van der Waals surface area contributed by atoms with Gasteiger partial charge in [-0.1, -0.05) is 0 Å². The van der Waals surface area contributed by atoms with Gasteiger partial charge in [0, 0.05) is 24.4 Å². The summed E-state index contributed by atoms with van der Waals surface area (Å²) >= 11 is 3.02. The van der Waals surface area contributed by atoms with Crippen LogP contribution in [0.3, 0.4) is 0 Å². The summed E-state index contributed by atoms with van der Waals surface area (Å²) in [6.45, 7) is 1.81. The molecule has 0 aliphatic carbocycles. The normalized spacial score (nSPS) is 10.5. The van der Waals surface area contributed by atoms with Gasteiger partial charge in [0.05, 0.1) is 4.47 Å². The van der Waals surface area contributed by atoms with Crippen molar-refractivity contribution >= 4 is 21.7 Å². The quantitative estimate of drug-likeness (QED) is 0.862. The van der Waals surface area contributed by atoms with Gasteiger partial charge in [0.2, 0.25) is 0 Å². The molecular weight excluding hydrogens is 304 g/mol. The van der Waals surface area contributed by atoms with Gasteiger partial charge in [0.15, 0.2) is 17.5 Å². The van der Waals surface area contributed by atoms with E-state index >= 15 is 0 Å². The van der Waals surface area contributed by atoms with Gasteiger partial charge in [-0.2, -0.15) is 0 Å². The van der Waals surface area contributed by atoms with E-state index in [0.717, 1.165) is 11.8 Å². The standard InChI is InChI=1S/C12H10BrF2N3/c1-6-5-9(16-2)18-12(17-6)7-3-4-8(14)11(15)10(7)13/h3-5H,1-2H3,(H,16,17,18). The molecule has 0 radical (unpaired) electrons. The van der Waals surface area contributed by atoms with Crippen LogP contribution in [0.4, 0.5) is 14.6 Å². The minimum atomic E-state index is -0.941. The molecule has 6 heteroatoms. The van der Waals surface area contributed by atoms with E-state index in [-0.39, 0.29) is 4.47 Å². The molecule has 0 aliphatic heterocycles. The summed E-state index contributed by atoms with van der Waals surface area (Å²) in [6.07, 6.45) is 0. The second kappa shape index (κ2) is 4.97. The lowest BCUT2D eigenvalue weighted by Gasteiger charge is -2.08. The number of aryl methyl sites for hydroxylation is 1. The third kappa shape index (κ3) is 2.33. The number of hydrogen-bond acceptors (Lipinski definition) is 3. The van der Waals surface area contributed by atoms with Crippen molar-refractivity contribution in [2.24, 2.45) is 0 Å². The van der Waals surface area contributed by atoms with Gasteiger partial charge in [-0.15, -0.1) is 0 Å². The Morgan fingerprint density at radius 1 is 1.22 bits per heavy atom. The summed E-state index contributed by atoms with van der Waals surface area (Å²) in [7, 11) is 1.73. The molecule has 0 fully saturated rings. The predicted octanol–water partition coefficient (Wildman–Crippen LogP) is 3.53. The molecule has 0 aliphatic rings. The Bertz CT molecular complexity index is 602. The average molecular weight is 314 g/mol. The first-order valence-electron chi connectivity index (χ1n) is 5.20. The average Bonchev–Trinajstić information content (AvgIpc) is 2.35. The molecule has 1 heterocycles. The zero-order valence-electron chi connectivity index (χ0n) is 9.76. The van der Waals surface area contributed by atoms with Crippen LogP contribution in [-0.2, 0) is 0 Å². The fraction of sp³-hybridized carbons (Fsp3) is 0.167. The van der Waals surface area contributed by atoms with E-state index in [1.165, 1.54) is 6.07 Å². The highest BCUT2D eigenvalue weighted by molar-refractivity contribution is 9.10. The Labute approximate surface area is 111 Å². The second-order valence-electron chi connectivity index (χ2n) is 3.69. The predicted molar refractivity (Wildman–Crippen MR) is 69.4 cm³/mol. The number of nitrogens with one attached hydrogen (secondary N) is 1. The highest BCUT2D eigenvalue weighted by atomic mass is 79.9. The van der Waals surface area contributed by atoms with E-state index in [4.69, 9.17) is 0 Å². The van der Waals surface area contributed by atoms with Crippen molar-refractivity contribution in [2.75, 3.05) is 12.4 Å². The summed E-state index contributed by atoms with van der Waals surface area (Å²) in [5.74, 6) is -0.894. The molecule has 2 aromatic rings. The molecule has 1 aromatic heterocycles. The zero-order chi connectivity index (χ0) is 13.3. The smallest absolute Gasteiger partial charge is 0.173 e. The van der Waals surface area contributed by atoms with Gasteiger partial charge in [-0.25, -0.2) is 18.7 Å². The topological polar surface area (TPSA) is 37.8 Å². The maximum absolute atomic E-state index is 13.5. The molecule has 0 atom stereocenters. The van der Waals surface area contributed by atoms with E-state index in [1.54, 1.807) is 20.0 Å². The van der Waals surface area contributed by atoms with Crippen LogP contribution in [0.5, 0.6) is 0 Å². The molecule has 1 N–H and O–H groups in total. The Morgan fingerprint density at radius 2 is 1.94 bits per heavy atom. The van der Waals surface area contributed by atoms with Crippen molar-refractivity contribution in [3.63, 3.8) is 0 Å². The van der Waals surface area contributed by atoms with E-state index < -0.39 is 11.6 Å². The van der Waals surface area contributed by atoms with Crippen LogP contribution in [0.2, 0.25) is 0 Å². The zero-order valence-corrected chi connectivity index (χ0v) is 11.3. The lowest BCUT2D eigenvalue weighted by atomic mass is 10.2. The lowest BCUT2D eigenvalue weighted by molar-refractivity contribution is 0.504. The molecule has 0 spiro atoms. The number of halogens is 3. The second-order valence-corrected chi connectivity index (χ2v) is 4.48. The van der Waals surface area contributed by atoms with Crippen LogP contribution in [0, 0.1) is 18.6 Å². The van der Waals surface area contributed by atoms with Gasteiger partial charge in [0.1, 0.15) is 5.82 Å². The van der Waals surface area contributed by atoms with E-state index in [9.17, 15) is 8.78 Å². The first-order valence-corrected chi connectivity index (χ1v) is 5.99. The van der Waals surface area contributed by atoms with E-state index in [1.807, 2.05) is 0 Å². The van der Waals surface area contributed by atoms with Crippen molar-refractivity contribution in [1.82, 2.24) is 9.97 Å². The molecule has 0 saturated carbocycles. The first kappa shape index (κ1) is 12.9. The number of anilines is 1. The highest BCUT2D eigenvalue weighted by Gasteiger charge is 2.15. The molecule has 0 bridgehead atoms. The van der Waals surface area contributed by atoms with Crippen molar-refractivity contribution in [3.8, 4) is 11.4 Å². The van der Waals surface area contributed by atoms with Crippen LogP contribution < -0.4 is 5.32 Å². The van der Waals surface area contributed by atoms with E-state index in [2.05, 4.69) is 31.2 Å². The molecular formula is C12H10BrF2N3. The van der Waals surface area contributed by atoms with Crippen LogP contribution in [0.25, 0.3) is 11.4 Å². The molecule has 2 rings (SSSR count). The van der Waals surface area contributed by atoms with E-state index in [0.29, 0.717) is 17.2 Å². The molecule has 3 nitrogen and oxygen atoms in total. The molecule has 94 valence electrons. The molecule has 0 amide bonds. The number of aromatic nitrogens is 2. The SMILES string of the molecule is CNc1cc(C)nc(-c2ccc(F)c(F)c2Br)n1. The highest BCUT2D eigenvalue weighted by Crippen LogP contribution is 2.30. The fourth-order valence-corrected chi connectivity index (χ4v) is 2.01. The van der Waals surface area contributed by atoms with Crippen LogP contribution in [-0.4, -0.2) is 17.0 Å². The fourth-order valence-electron chi connectivity index (χ4n) is 1.52. The Morgan fingerprint density at radius 3 is 2.61 bits per heavy atom. The summed E-state index contributed by atoms with van der Waals surface area (Å²) in [4.78, 5) is 8.43. The van der Waals surface area contributed by atoms with Crippen LogP contribution in [0.15, 0.2) is 22.7 Å². The maximum Gasteiger partial charge on any atom is 0.173 e. The number of hydrogen-bond donors (Lipinski definition) is 1. The third-order valence-electron chi connectivity index (χ3n) is 2.39. The summed E-state index contributed by atoms with van der Waals surface area (Å²) in [5.41, 5.74) is 1.15. The van der Waals surface area contributed by atoms with Gasteiger partial charge >= 0.3 is 0 Å². The van der Waals surface area contributed by atoms with Crippen LogP contribution >= 0.6 is 15.9 Å². The maximum atomic E-state index is 13.5. The monoisotopic (exact) mass is 313 g/mol. The minimum Gasteiger partial charge on any atom is -0.373 e. The van der Waals surface area contributed by atoms with Gasteiger partial charge in [-0.3, -0.25) is 0 Å². The Kier molecular flexibility index (Phi) is 3.56. The van der Waals surface area contributed by atoms with Crippen molar-refractivity contribution in [1.29, 1.82) is 0 Å².